The van der Waals surface area contributed by atoms with E-state index < -0.39 is 11.4 Å². The topological polar surface area (TPSA) is 66.6 Å². The van der Waals surface area contributed by atoms with E-state index >= 15 is 0 Å². The van der Waals surface area contributed by atoms with Crippen LogP contribution in [0.1, 0.15) is 35.1 Å². The third-order valence-electron chi connectivity index (χ3n) is 9.22. The van der Waals surface area contributed by atoms with Crippen LogP contribution in [0.3, 0.4) is 0 Å². The van der Waals surface area contributed by atoms with E-state index in [-0.39, 0.29) is 0 Å². The Balaban J connectivity index is 1.12. The molecule has 52 heavy (non-hydrogen) atoms. The third kappa shape index (κ3) is 8.77. The molecule has 7 rings (SSSR count). The van der Waals surface area contributed by atoms with E-state index in [9.17, 15) is 0 Å². The minimum atomic E-state index is -0.825. The van der Waals surface area contributed by atoms with Gasteiger partial charge in [-0.1, -0.05) is 89.0 Å². The molecule has 0 heterocycles. The summed E-state index contributed by atoms with van der Waals surface area (Å²) in [4.78, 5) is 0. The van der Waals surface area contributed by atoms with Gasteiger partial charge in [-0.25, -0.2) is 0 Å². The number of allylic oxidation sites excluding steroid dienone is 2. The van der Waals surface area contributed by atoms with Gasteiger partial charge in [-0.15, -0.1) is 0 Å². The first-order chi connectivity index (χ1) is 25.2. The van der Waals surface area contributed by atoms with Crippen molar-refractivity contribution in [3.63, 3.8) is 0 Å². The van der Waals surface area contributed by atoms with Gasteiger partial charge in [-0.3, -0.25) is 0 Å². The molecule has 0 radical (unpaired) electrons. The second-order valence-corrected chi connectivity index (χ2v) is 13.8. The molecule has 0 aliphatic heterocycles. The summed E-state index contributed by atoms with van der Waals surface area (Å²) in [5.41, 5.74) is 9.28. The predicted octanol–water partition coefficient (Wildman–Crippen LogP) is 11.2. The van der Waals surface area contributed by atoms with E-state index in [0.717, 1.165) is 34.1 Å². The molecule has 0 saturated carbocycles. The molecule has 262 valence electrons. The number of hydrogen-bond donors (Lipinski definition) is 4. The lowest BCUT2D eigenvalue weighted by Gasteiger charge is -2.36. The molecule has 0 saturated heterocycles. The molecule has 0 bridgehead atoms. The van der Waals surface area contributed by atoms with Gasteiger partial charge in [0.25, 0.3) is 0 Å². The molecule has 2 unspecified atom stereocenters. The van der Waals surface area contributed by atoms with Crippen molar-refractivity contribution in [3.05, 3.63) is 191 Å². The average Bonchev–Trinajstić information content (AvgIpc) is 3.14. The van der Waals surface area contributed by atoms with Gasteiger partial charge in [0.05, 0.1) is 0 Å². The maximum Gasteiger partial charge on any atom is 0.204 e. The first-order valence-corrected chi connectivity index (χ1v) is 17.8. The van der Waals surface area contributed by atoms with Crippen LogP contribution in [0.4, 0.5) is 22.7 Å². The maximum absolute atomic E-state index is 6.87. The van der Waals surface area contributed by atoms with Crippen molar-refractivity contribution in [2.75, 3.05) is 21.3 Å². The molecule has 0 aromatic heterocycles. The zero-order chi connectivity index (χ0) is 36.0. The molecule has 5 aromatic carbocycles. The van der Waals surface area contributed by atoms with Gasteiger partial charge in [0.15, 0.2) is 0 Å². The van der Waals surface area contributed by atoms with Crippen molar-refractivity contribution in [1.82, 2.24) is 0 Å². The summed E-state index contributed by atoms with van der Waals surface area (Å²) >= 11 is 0. The molecular weight excluding hydrogens is 641 g/mol. The highest BCUT2D eigenvalue weighted by Gasteiger charge is 2.33. The van der Waals surface area contributed by atoms with Gasteiger partial charge in [0.2, 0.25) is 11.4 Å². The Labute approximate surface area is 307 Å². The SMILES string of the molecule is Cc1ccc(NC2=CCC(Nc3ccc(C)cc3)(Oc3cccc(OC4(Nc5ccc(C)cc5)C=CC(Nc5ccc(C)cc5)=CC4)c3)C=C2)cc1. The van der Waals surface area contributed by atoms with Crippen LogP contribution < -0.4 is 30.7 Å². The van der Waals surface area contributed by atoms with Crippen molar-refractivity contribution >= 4 is 22.7 Å². The van der Waals surface area contributed by atoms with Gasteiger partial charge in [0.1, 0.15) is 11.5 Å². The number of hydrogen-bond acceptors (Lipinski definition) is 6. The molecule has 5 aromatic rings. The highest BCUT2D eigenvalue weighted by Crippen LogP contribution is 2.35. The summed E-state index contributed by atoms with van der Waals surface area (Å²) in [5, 5.41) is 14.4. The van der Waals surface area contributed by atoms with Crippen molar-refractivity contribution < 1.29 is 9.47 Å². The zero-order valence-electron chi connectivity index (χ0n) is 30.2. The summed E-state index contributed by atoms with van der Waals surface area (Å²) in [5.74, 6) is 1.38. The molecule has 2 aliphatic carbocycles. The fourth-order valence-electron chi connectivity index (χ4n) is 6.21. The highest BCUT2D eigenvalue weighted by molar-refractivity contribution is 5.57. The Bertz CT molecular complexity index is 1960. The van der Waals surface area contributed by atoms with E-state index in [1.807, 2.05) is 24.3 Å². The van der Waals surface area contributed by atoms with Crippen LogP contribution in [0.15, 0.2) is 169 Å². The third-order valence-corrected chi connectivity index (χ3v) is 9.22. The molecule has 6 heteroatoms. The summed E-state index contributed by atoms with van der Waals surface area (Å²) in [6.07, 6.45) is 13.9. The van der Waals surface area contributed by atoms with E-state index in [1.54, 1.807) is 0 Å². The largest absolute Gasteiger partial charge is 0.464 e. The van der Waals surface area contributed by atoms with E-state index in [1.165, 1.54) is 22.3 Å². The number of benzene rings is 5. The minimum Gasteiger partial charge on any atom is -0.464 e. The molecule has 0 fully saturated rings. The van der Waals surface area contributed by atoms with Crippen molar-refractivity contribution in [3.8, 4) is 11.5 Å². The van der Waals surface area contributed by atoms with E-state index in [4.69, 9.17) is 9.47 Å². The standard InChI is InChI=1S/C46H46N4O2/c1-33-8-16-37(17-9-33)47-39-24-28-45(29-25-39,49-41-20-12-35(3)13-21-41)51-43-6-5-7-44(32-43)52-46(50-42-22-14-36(4)15-23-42)30-26-40(27-31-46)48-38-18-10-34(2)11-19-38/h5-28,30,32,47-50H,29,31H2,1-4H3. The van der Waals surface area contributed by atoms with Crippen LogP contribution in [0.25, 0.3) is 0 Å². The minimum absolute atomic E-state index is 0.597. The lowest BCUT2D eigenvalue weighted by molar-refractivity contribution is 0.141. The normalized spacial score (nSPS) is 19.2. The predicted molar refractivity (Wildman–Crippen MR) is 216 cm³/mol. The Morgan fingerprint density at radius 1 is 0.442 bits per heavy atom. The van der Waals surface area contributed by atoms with Gasteiger partial charge < -0.3 is 30.7 Å². The quantitative estimate of drug-likeness (QED) is 0.0980. The van der Waals surface area contributed by atoms with Crippen molar-refractivity contribution in [2.45, 2.75) is 52.0 Å². The second-order valence-electron chi connectivity index (χ2n) is 13.8. The van der Waals surface area contributed by atoms with Crippen molar-refractivity contribution in [1.29, 1.82) is 0 Å². The smallest absolute Gasteiger partial charge is 0.204 e. The Hall–Kier alpha value is -6.14. The number of anilines is 4. The van der Waals surface area contributed by atoms with Gasteiger partial charge in [-0.05, 0) is 113 Å². The lowest BCUT2D eigenvalue weighted by atomic mass is 10.0. The Morgan fingerprint density at radius 2 is 0.788 bits per heavy atom. The summed E-state index contributed by atoms with van der Waals surface area (Å²) < 4.78 is 13.7. The first-order valence-electron chi connectivity index (χ1n) is 17.8. The van der Waals surface area contributed by atoms with Crippen LogP contribution >= 0.6 is 0 Å². The molecule has 6 nitrogen and oxygen atoms in total. The second kappa shape index (κ2) is 15.0. The zero-order valence-corrected chi connectivity index (χ0v) is 30.2. The van der Waals surface area contributed by atoms with Crippen LogP contribution in [-0.4, -0.2) is 11.4 Å². The average molecular weight is 687 g/mol. The summed E-state index contributed by atoms with van der Waals surface area (Å²) in [6.45, 7) is 8.37. The Morgan fingerprint density at radius 3 is 1.12 bits per heavy atom. The number of rotatable bonds is 12. The van der Waals surface area contributed by atoms with Gasteiger partial charge >= 0.3 is 0 Å². The maximum atomic E-state index is 6.87. The van der Waals surface area contributed by atoms with E-state index in [2.05, 4.69) is 182 Å². The van der Waals surface area contributed by atoms with Crippen LogP contribution in [-0.2, 0) is 0 Å². The Kier molecular flexibility index (Phi) is 9.90. The number of aryl methyl sites for hydroxylation is 4. The molecule has 0 amide bonds. The van der Waals surface area contributed by atoms with Crippen molar-refractivity contribution in [2.24, 2.45) is 0 Å². The molecule has 2 atom stereocenters. The first kappa shape index (κ1) is 34.3. The number of ether oxygens (including phenoxy) is 2. The fourth-order valence-corrected chi connectivity index (χ4v) is 6.21. The molecule has 4 N–H and O–H groups in total. The molecular formula is C46H46N4O2. The number of nitrogens with one attached hydrogen (secondary N) is 4. The lowest BCUT2D eigenvalue weighted by Crippen LogP contribution is -2.44. The molecule has 0 spiro atoms. The van der Waals surface area contributed by atoms with Crippen LogP contribution in [0.2, 0.25) is 0 Å². The van der Waals surface area contributed by atoms with Gasteiger partial charge in [0, 0.05) is 53.1 Å². The summed E-state index contributed by atoms with van der Waals surface area (Å²) in [7, 11) is 0. The van der Waals surface area contributed by atoms with Crippen LogP contribution in [0.5, 0.6) is 11.5 Å². The van der Waals surface area contributed by atoms with Gasteiger partial charge in [-0.2, -0.15) is 0 Å². The van der Waals surface area contributed by atoms with E-state index in [0.29, 0.717) is 24.3 Å². The van der Waals surface area contributed by atoms with Crippen LogP contribution in [0, 0.1) is 27.7 Å². The highest BCUT2D eigenvalue weighted by atomic mass is 16.5. The molecule has 2 aliphatic rings. The summed E-state index contributed by atoms with van der Waals surface area (Å²) in [6, 6.07) is 41.5. The monoisotopic (exact) mass is 686 g/mol. The fraction of sp³-hybridized carbons (Fsp3) is 0.174.